The Kier molecular flexibility index (Phi) is 5.24. The highest BCUT2D eigenvalue weighted by atomic mass is 35.5. The fraction of sp³-hybridized carbons (Fsp3) is 0.400. The first kappa shape index (κ1) is 16.4. The third-order valence-corrected chi connectivity index (χ3v) is 5.35. The maximum Gasteiger partial charge on any atom is 0.0474 e. The molecular weight excluding hydrogens is 306 g/mol. The van der Waals surface area contributed by atoms with Gasteiger partial charge in [-0.05, 0) is 49.4 Å². The first-order valence-corrected chi connectivity index (χ1v) is 8.71. The van der Waals surface area contributed by atoms with Crippen LogP contribution in [0.2, 0.25) is 5.02 Å². The lowest BCUT2D eigenvalue weighted by Crippen LogP contribution is -2.35. The van der Waals surface area contributed by atoms with Crippen LogP contribution in [0, 0.1) is 6.92 Å². The number of halogens is 1. The van der Waals surface area contributed by atoms with Gasteiger partial charge in [0.1, 0.15) is 0 Å². The predicted octanol–water partition coefficient (Wildman–Crippen LogP) is 5.20. The van der Waals surface area contributed by atoms with Gasteiger partial charge in [-0.15, -0.1) is 0 Å². The van der Waals surface area contributed by atoms with Gasteiger partial charge in [-0.25, -0.2) is 0 Å². The first-order chi connectivity index (χ1) is 11.2. The van der Waals surface area contributed by atoms with Gasteiger partial charge in [0.2, 0.25) is 0 Å². The summed E-state index contributed by atoms with van der Waals surface area (Å²) in [6, 6.07) is 17.0. The standard InChI is InChI=1S/C20H24ClNO/c1-16-7-8-18(15-19(16)21)22-12-9-20(10-13-23-14-11-20)17-5-3-2-4-6-17/h2-8,15,22H,9-14H2,1H3. The number of aryl methyl sites for hydroxylation is 1. The molecule has 0 radical (unpaired) electrons. The third-order valence-electron chi connectivity index (χ3n) is 4.94. The predicted molar refractivity (Wildman–Crippen MR) is 97.5 cm³/mol. The number of rotatable bonds is 5. The Balaban J connectivity index is 1.68. The average molecular weight is 330 g/mol. The van der Waals surface area contributed by atoms with Crippen LogP contribution >= 0.6 is 11.6 Å². The summed E-state index contributed by atoms with van der Waals surface area (Å²) in [6.07, 6.45) is 3.28. The Morgan fingerprint density at radius 2 is 1.83 bits per heavy atom. The molecule has 122 valence electrons. The summed E-state index contributed by atoms with van der Waals surface area (Å²) in [7, 11) is 0. The van der Waals surface area contributed by atoms with Gasteiger partial charge in [-0.1, -0.05) is 48.0 Å². The fourth-order valence-corrected chi connectivity index (χ4v) is 3.57. The highest BCUT2D eigenvalue weighted by molar-refractivity contribution is 6.31. The van der Waals surface area contributed by atoms with Gasteiger partial charge in [-0.2, -0.15) is 0 Å². The van der Waals surface area contributed by atoms with Gasteiger partial charge >= 0.3 is 0 Å². The summed E-state index contributed by atoms with van der Waals surface area (Å²) in [5, 5.41) is 4.35. The van der Waals surface area contributed by atoms with Gasteiger partial charge in [-0.3, -0.25) is 0 Å². The zero-order chi connectivity index (χ0) is 16.1. The van der Waals surface area contributed by atoms with Crippen molar-refractivity contribution in [3.8, 4) is 0 Å². The second kappa shape index (κ2) is 7.37. The number of nitrogens with one attached hydrogen (secondary N) is 1. The summed E-state index contributed by atoms with van der Waals surface area (Å²) in [5.41, 5.74) is 3.87. The van der Waals surface area contributed by atoms with Crippen LogP contribution in [0.15, 0.2) is 48.5 Å². The van der Waals surface area contributed by atoms with Crippen molar-refractivity contribution in [2.75, 3.05) is 25.1 Å². The molecule has 1 heterocycles. The maximum absolute atomic E-state index is 6.21. The minimum Gasteiger partial charge on any atom is -0.385 e. The molecule has 2 aromatic carbocycles. The second-order valence-corrected chi connectivity index (χ2v) is 6.81. The van der Waals surface area contributed by atoms with Crippen molar-refractivity contribution in [1.29, 1.82) is 0 Å². The van der Waals surface area contributed by atoms with E-state index < -0.39 is 0 Å². The van der Waals surface area contributed by atoms with Gasteiger partial charge in [0, 0.05) is 35.9 Å². The maximum atomic E-state index is 6.21. The highest BCUT2D eigenvalue weighted by Gasteiger charge is 2.33. The van der Waals surface area contributed by atoms with Gasteiger partial charge < -0.3 is 10.1 Å². The van der Waals surface area contributed by atoms with Crippen LogP contribution < -0.4 is 5.32 Å². The molecule has 0 atom stereocenters. The molecule has 23 heavy (non-hydrogen) atoms. The zero-order valence-electron chi connectivity index (χ0n) is 13.6. The van der Waals surface area contributed by atoms with E-state index >= 15 is 0 Å². The molecule has 0 unspecified atom stereocenters. The van der Waals surface area contributed by atoms with Crippen molar-refractivity contribution in [2.24, 2.45) is 0 Å². The van der Waals surface area contributed by atoms with Crippen LogP contribution in [-0.2, 0) is 10.2 Å². The molecule has 0 aliphatic carbocycles. The summed E-state index contributed by atoms with van der Waals surface area (Å²) in [4.78, 5) is 0. The van der Waals surface area contributed by atoms with E-state index in [9.17, 15) is 0 Å². The first-order valence-electron chi connectivity index (χ1n) is 8.33. The molecule has 0 amide bonds. The highest BCUT2D eigenvalue weighted by Crippen LogP contribution is 2.38. The van der Waals surface area contributed by atoms with Gasteiger partial charge in [0.25, 0.3) is 0 Å². The molecule has 0 aromatic heterocycles. The largest absolute Gasteiger partial charge is 0.385 e. The van der Waals surface area contributed by atoms with Crippen molar-refractivity contribution in [3.63, 3.8) is 0 Å². The van der Waals surface area contributed by atoms with Crippen molar-refractivity contribution < 1.29 is 4.74 Å². The lowest BCUT2D eigenvalue weighted by molar-refractivity contribution is 0.0480. The minimum absolute atomic E-state index is 0.223. The average Bonchev–Trinajstić information content (AvgIpc) is 2.60. The van der Waals surface area contributed by atoms with E-state index in [-0.39, 0.29) is 5.41 Å². The monoisotopic (exact) mass is 329 g/mol. The molecule has 1 aliphatic heterocycles. The Hall–Kier alpha value is -1.51. The molecule has 1 N–H and O–H groups in total. The number of hydrogen-bond acceptors (Lipinski definition) is 2. The van der Waals surface area contributed by atoms with Crippen molar-refractivity contribution in [1.82, 2.24) is 0 Å². The molecule has 0 saturated carbocycles. The van der Waals surface area contributed by atoms with E-state index in [2.05, 4.69) is 47.8 Å². The molecule has 3 heteroatoms. The van der Waals surface area contributed by atoms with Gasteiger partial charge in [0.05, 0.1) is 0 Å². The molecular formula is C20H24ClNO. The normalized spacial score (nSPS) is 17.0. The summed E-state index contributed by atoms with van der Waals surface area (Å²) in [6.45, 7) is 4.67. The Labute approximate surface area is 143 Å². The van der Waals surface area contributed by atoms with E-state index in [4.69, 9.17) is 16.3 Å². The van der Waals surface area contributed by atoms with Crippen LogP contribution in [0.5, 0.6) is 0 Å². The number of ether oxygens (including phenoxy) is 1. The molecule has 2 nitrogen and oxygen atoms in total. The topological polar surface area (TPSA) is 21.3 Å². The molecule has 2 aromatic rings. The van der Waals surface area contributed by atoms with Crippen LogP contribution in [0.4, 0.5) is 5.69 Å². The van der Waals surface area contributed by atoms with E-state index in [0.29, 0.717) is 0 Å². The van der Waals surface area contributed by atoms with Crippen LogP contribution in [0.1, 0.15) is 30.4 Å². The summed E-state index contributed by atoms with van der Waals surface area (Å²) < 4.78 is 5.60. The number of benzene rings is 2. The Morgan fingerprint density at radius 3 is 2.52 bits per heavy atom. The second-order valence-electron chi connectivity index (χ2n) is 6.40. The number of hydrogen-bond donors (Lipinski definition) is 1. The SMILES string of the molecule is Cc1ccc(NCCC2(c3ccccc3)CCOCC2)cc1Cl. The van der Waals surface area contributed by atoms with E-state index in [1.54, 1.807) is 0 Å². The quantitative estimate of drug-likeness (QED) is 0.814. The van der Waals surface area contributed by atoms with E-state index in [0.717, 1.165) is 55.3 Å². The van der Waals surface area contributed by atoms with E-state index in [1.807, 2.05) is 13.0 Å². The molecule has 1 fully saturated rings. The molecule has 3 rings (SSSR count). The van der Waals surface area contributed by atoms with Crippen LogP contribution in [0.3, 0.4) is 0 Å². The Bertz CT molecular complexity index is 635. The number of anilines is 1. The fourth-order valence-electron chi connectivity index (χ4n) is 3.39. The molecule has 0 spiro atoms. The summed E-state index contributed by atoms with van der Waals surface area (Å²) >= 11 is 6.21. The van der Waals surface area contributed by atoms with Crippen molar-refractivity contribution >= 4 is 17.3 Å². The van der Waals surface area contributed by atoms with Crippen molar-refractivity contribution in [3.05, 3.63) is 64.7 Å². The smallest absolute Gasteiger partial charge is 0.0474 e. The molecule has 1 saturated heterocycles. The van der Waals surface area contributed by atoms with Crippen molar-refractivity contribution in [2.45, 2.75) is 31.6 Å². The van der Waals surface area contributed by atoms with Crippen LogP contribution in [0.25, 0.3) is 0 Å². The van der Waals surface area contributed by atoms with Gasteiger partial charge in [0.15, 0.2) is 0 Å². The lowest BCUT2D eigenvalue weighted by Gasteiger charge is -2.38. The van der Waals surface area contributed by atoms with E-state index in [1.165, 1.54) is 5.56 Å². The summed E-state index contributed by atoms with van der Waals surface area (Å²) in [5.74, 6) is 0. The Morgan fingerprint density at radius 1 is 1.09 bits per heavy atom. The van der Waals surface area contributed by atoms with Crippen LogP contribution in [-0.4, -0.2) is 19.8 Å². The zero-order valence-corrected chi connectivity index (χ0v) is 14.4. The minimum atomic E-state index is 0.223. The molecule has 1 aliphatic rings. The third kappa shape index (κ3) is 3.88. The lowest BCUT2D eigenvalue weighted by atomic mass is 9.72. The molecule has 0 bridgehead atoms.